The number of carbonyl (C=O) groups is 1. The Labute approximate surface area is 86.0 Å². The van der Waals surface area contributed by atoms with Crippen molar-refractivity contribution in [1.29, 1.82) is 0 Å². The molecule has 1 rings (SSSR count). The highest BCUT2D eigenvalue weighted by Gasteiger charge is 2.39. The van der Waals surface area contributed by atoms with E-state index in [0.717, 1.165) is 19.3 Å². The van der Waals surface area contributed by atoms with Crippen LogP contribution < -0.4 is 0 Å². The minimum atomic E-state index is -0.700. The Kier molecular flexibility index (Phi) is 3.35. The van der Waals surface area contributed by atoms with Crippen LogP contribution in [0.1, 0.15) is 39.5 Å². The van der Waals surface area contributed by atoms with E-state index in [1.165, 1.54) is 0 Å². The number of carboxylic acids is 1. The van der Waals surface area contributed by atoms with Crippen LogP contribution in [-0.4, -0.2) is 11.1 Å². The van der Waals surface area contributed by atoms with Gasteiger partial charge in [0.15, 0.2) is 0 Å². The van der Waals surface area contributed by atoms with Crippen LogP contribution in [-0.2, 0) is 4.79 Å². The summed E-state index contributed by atoms with van der Waals surface area (Å²) in [5.74, 6) is 0.632. The van der Waals surface area contributed by atoms with E-state index in [0.29, 0.717) is 11.8 Å². The lowest BCUT2D eigenvalue weighted by Gasteiger charge is -2.24. The Bertz CT molecular complexity index is 232. The summed E-state index contributed by atoms with van der Waals surface area (Å²) < 4.78 is 0. The molecule has 0 aliphatic heterocycles. The van der Waals surface area contributed by atoms with Crippen molar-refractivity contribution in [3.05, 3.63) is 12.7 Å². The summed E-state index contributed by atoms with van der Waals surface area (Å²) in [4.78, 5) is 10.7. The molecule has 0 amide bonds. The fraction of sp³-hybridized carbons (Fsp3) is 0.750. The second-order valence-electron chi connectivity index (χ2n) is 4.88. The van der Waals surface area contributed by atoms with Gasteiger partial charge in [-0.15, -0.1) is 6.58 Å². The number of carboxylic acid groups (broad SMARTS) is 1. The fourth-order valence-corrected chi connectivity index (χ4v) is 2.49. The molecule has 0 heterocycles. The average molecular weight is 196 g/mol. The number of rotatable bonds is 4. The zero-order valence-electron chi connectivity index (χ0n) is 9.12. The van der Waals surface area contributed by atoms with Gasteiger partial charge in [-0.1, -0.05) is 19.9 Å². The molecule has 2 heteroatoms. The van der Waals surface area contributed by atoms with Gasteiger partial charge in [-0.3, -0.25) is 4.79 Å². The number of aliphatic carboxylic acids is 1. The van der Waals surface area contributed by atoms with E-state index in [9.17, 15) is 4.79 Å². The van der Waals surface area contributed by atoms with Gasteiger partial charge >= 0.3 is 5.97 Å². The van der Waals surface area contributed by atoms with Gasteiger partial charge in [-0.2, -0.15) is 0 Å². The Hall–Kier alpha value is -0.790. The molecule has 14 heavy (non-hydrogen) atoms. The van der Waals surface area contributed by atoms with Crippen LogP contribution in [0, 0.1) is 17.3 Å². The first-order valence-electron chi connectivity index (χ1n) is 5.34. The Morgan fingerprint density at radius 2 is 2.36 bits per heavy atom. The zero-order chi connectivity index (χ0) is 10.8. The molecule has 0 aromatic rings. The van der Waals surface area contributed by atoms with Crippen LogP contribution in [0.25, 0.3) is 0 Å². The van der Waals surface area contributed by atoms with Gasteiger partial charge in [-0.05, 0) is 36.5 Å². The minimum Gasteiger partial charge on any atom is -0.481 e. The lowest BCUT2D eigenvalue weighted by molar-refractivity contribution is -0.139. The van der Waals surface area contributed by atoms with Gasteiger partial charge in [0.2, 0.25) is 0 Å². The predicted molar refractivity (Wildman–Crippen MR) is 57.1 cm³/mol. The Morgan fingerprint density at radius 1 is 1.71 bits per heavy atom. The number of hydrogen-bond donors (Lipinski definition) is 1. The van der Waals surface area contributed by atoms with Crippen LogP contribution in [0.15, 0.2) is 12.7 Å². The normalized spacial score (nSPS) is 32.1. The number of hydrogen-bond acceptors (Lipinski definition) is 1. The van der Waals surface area contributed by atoms with Crippen molar-refractivity contribution in [2.45, 2.75) is 39.5 Å². The molecule has 0 aromatic carbocycles. The third-order valence-electron chi connectivity index (χ3n) is 3.56. The van der Waals surface area contributed by atoms with Gasteiger partial charge in [0.25, 0.3) is 0 Å². The molecular formula is C12H20O2. The summed E-state index contributed by atoms with van der Waals surface area (Å²) in [5, 5.41) is 8.85. The molecule has 2 nitrogen and oxygen atoms in total. The highest BCUT2D eigenvalue weighted by molar-refractivity contribution is 5.68. The molecular weight excluding hydrogens is 176 g/mol. The molecule has 1 fully saturated rings. The van der Waals surface area contributed by atoms with E-state index >= 15 is 0 Å². The largest absolute Gasteiger partial charge is 0.481 e. The minimum absolute atomic E-state index is 0.124. The molecule has 1 saturated carbocycles. The van der Waals surface area contributed by atoms with Gasteiger partial charge in [-0.25, -0.2) is 0 Å². The van der Waals surface area contributed by atoms with E-state index in [-0.39, 0.29) is 11.8 Å². The van der Waals surface area contributed by atoms with Crippen LogP contribution in [0.5, 0.6) is 0 Å². The van der Waals surface area contributed by atoms with Gasteiger partial charge in [0.1, 0.15) is 0 Å². The third kappa shape index (κ3) is 2.37. The van der Waals surface area contributed by atoms with E-state index in [2.05, 4.69) is 20.4 Å². The molecule has 0 aromatic heterocycles. The molecule has 1 N–H and O–H groups in total. The SMILES string of the molecule is C=CC1(CC(=O)O)CCC(C(C)C)C1. The summed E-state index contributed by atoms with van der Waals surface area (Å²) in [6.45, 7) is 8.22. The monoisotopic (exact) mass is 196 g/mol. The molecule has 2 atom stereocenters. The van der Waals surface area contributed by atoms with Crippen molar-refractivity contribution >= 4 is 5.97 Å². The molecule has 0 saturated heterocycles. The lowest BCUT2D eigenvalue weighted by Crippen LogP contribution is -2.19. The highest BCUT2D eigenvalue weighted by atomic mass is 16.4. The summed E-state index contributed by atoms with van der Waals surface area (Å²) in [7, 11) is 0. The summed E-state index contributed by atoms with van der Waals surface area (Å²) in [6, 6.07) is 0. The topological polar surface area (TPSA) is 37.3 Å². The van der Waals surface area contributed by atoms with Gasteiger partial charge in [0.05, 0.1) is 6.42 Å². The quantitative estimate of drug-likeness (QED) is 0.701. The van der Waals surface area contributed by atoms with Gasteiger partial charge in [0, 0.05) is 0 Å². The van der Waals surface area contributed by atoms with Crippen LogP contribution in [0.4, 0.5) is 0 Å². The Balaban J connectivity index is 2.65. The second-order valence-corrected chi connectivity index (χ2v) is 4.88. The molecule has 0 spiro atoms. The van der Waals surface area contributed by atoms with Crippen LogP contribution in [0.2, 0.25) is 0 Å². The molecule has 1 aliphatic carbocycles. The van der Waals surface area contributed by atoms with E-state index in [1.807, 2.05) is 6.08 Å². The Morgan fingerprint density at radius 3 is 2.71 bits per heavy atom. The van der Waals surface area contributed by atoms with Crippen molar-refractivity contribution in [3.63, 3.8) is 0 Å². The van der Waals surface area contributed by atoms with Crippen molar-refractivity contribution in [2.75, 3.05) is 0 Å². The maximum absolute atomic E-state index is 10.7. The molecule has 2 unspecified atom stereocenters. The maximum atomic E-state index is 10.7. The summed E-state index contributed by atoms with van der Waals surface area (Å²) >= 11 is 0. The number of allylic oxidation sites excluding steroid dienone is 1. The van der Waals surface area contributed by atoms with E-state index in [4.69, 9.17) is 5.11 Å². The predicted octanol–water partition coefficient (Wildman–Crippen LogP) is 3.09. The highest BCUT2D eigenvalue weighted by Crippen LogP contribution is 2.47. The maximum Gasteiger partial charge on any atom is 0.304 e. The van der Waals surface area contributed by atoms with Crippen molar-refractivity contribution in [1.82, 2.24) is 0 Å². The van der Waals surface area contributed by atoms with E-state index < -0.39 is 5.97 Å². The van der Waals surface area contributed by atoms with Crippen molar-refractivity contribution < 1.29 is 9.90 Å². The van der Waals surface area contributed by atoms with Crippen LogP contribution in [0.3, 0.4) is 0 Å². The standard InChI is InChI=1S/C12H20O2/c1-4-12(8-11(13)14)6-5-10(7-12)9(2)3/h4,9-10H,1,5-8H2,2-3H3,(H,13,14). The second kappa shape index (κ2) is 4.16. The molecule has 80 valence electrons. The molecule has 0 bridgehead atoms. The third-order valence-corrected chi connectivity index (χ3v) is 3.56. The first kappa shape index (κ1) is 11.3. The van der Waals surface area contributed by atoms with E-state index in [1.54, 1.807) is 0 Å². The first-order valence-corrected chi connectivity index (χ1v) is 5.34. The smallest absolute Gasteiger partial charge is 0.304 e. The van der Waals surface area contributed by atoms with Gasteiger partial charge < -0.3 is 5.11 Å². The average Bonchev–Trinajstić information content (AvgIpc) is 2.49. The molecule has 1 aliphatic rings. The lowest BCUT2D eigenvalue weighted by atomic mass is 9.80. The fourth-order valence-electron chi connectivity index (χ4n) is 2.49. The summed E-state index contributed by atoms with van der Waals surface area (Å²) in [6.07, 6.45) is 5.26. The summed E-state index contributed by atoms with van der Waals surface area (Å²) in [5.41, 5.74) is -0.124. The molecule has 0 radical (unpaired) electrons. The zero-order valence-corrected chi connectivity index (χ0v) is 9.12. The first-order chi connectivity index (χ1) is 6.49. The van der Waals surface area contributed by atoms with Crippen molar-refractivity contribution in [3.8, 4) is 0 Å². The van der Waals surface area contributed by atoms with Crippen LogP contribution >= 0.6 is 0 Å². The van der Waals surface area contributed by atoms with Crippen molar-refractivity contribution in [2.24, 2.45) is 17.3 Å².